The number of methoxy groups -OCH3 is 1. The van der Waals surface area contributed by atoms with Crippen molar-refractivity contribution in [2.75, 3.05) is 12.4 Å². The van der Waals surface area contributed by atoms with E-state index in [0.717, 1.165) is 4.68 Å². The summed E-state index contributed by atoms with van der Waals surface area (Å²) >= 11 is 0. The van der Waals surface area contributed by atoms with Crippen LogP contribution in [0.15, 0.2) is 47.4 Å². The van der Waals surface area contributed by atoms with Gasteiger partial charge in [-0.25, -0.2) is 4.68 Å². The van der Waals surface area contributed by atoms with E-state index in [2.05, 4.69) is 10.4 Å². The summed E-state index contributed by atoms with van der Waals surface area (Å²) in [6.07, 6.45) is 1.46. The Morgan fingerprint density at radius 2 is 2.11 bits per heavy atom. The lowest BCUT2D eigenvalue weighted by atomic mass is 10.3. The van der Waals surface area contributed by atoms with Gasteiger partial charge in [0.1, 0.15) is 12.3 Å². The molecule has 0 saturated carbocycles. The molecular formula is C13H13N3O3. The maximum Gasteiger partial charge on any atom is 0.267 e. The number of anilines is 1. The molecule has 0 radical (unpaired) electrons. The third-order valence-corrected chi connectivity index (χ3v) is 2.46. The zero-order valence-corrected chi connectivity index (χ0v) is 10.4. The molecule has 0 aliphatic heterocycles. The highest BCUT2D eigenvalue weighted by molar-refractivity contribution is 5.92. The third kappa shape index (κ3) is 3.19. The summed E-state index contributed by atoms with van der Waals surface area (Å²) in [6, 6.07) is 9.92. The number of rotatable bonds is 4. The van der Waals surface area contributed by atoms with E-state index in [-0.39, 0.29) is 18.0 Å². The number of nitrogens with one attached hydrogen (secondary N) is 1. The molecule has 1 heterocycles. The molecule has 6 nitrogen and oxygen atoms in total. The van der Waals surface area contributed by atoms with Gasteiger partial charge in [0.25, 0.3) is 5.56 Å². The fourth-order valence-corrected chi connectivity index (χ4v) is 1.58. The summed E-state index contributed by atoms with van der Waals surface area (Å²) in [7, 11) is 1.52. The molecular weight excluding hydrogens is 246 g/mol. The Morgan fingerprint density at radius 1 is 1.32 bits per heavy atom. The molecule has 1 N–H and O–H groups in total. The first-order chi connectivity index (χ1) is 9.20. The second-order valence-corrected chi connectivity index (χ2v) is 3.77. The Labute approximate surface area is 109 Å². The van der Waals surface area contributed by atoms with Gasteiger partial charge in [-0.05, 0) is 18.2 Å². The number of ether oxygens (including phenoxy) is 1. The predicted molar refractivity (Wildman–Crippen MR) is 70.1 cm³/mol. The van der Waals surface area contributed by atoms with Gasteiger partial charge in [0.05, 0.1) is 12.8 Å². The van der Waals surface area contributed by atoms with Crippen LogP contribution in [0.5, 0.6) is 5.75 Å². The zero-order valence-electron chi connectivity index (χ0n) is 10.4. The molecule has 98 valence electrons. The van der Waals surface area contributed by atoms with Crippen molar-refractivity contribution in [2.24, 2.45) is 0 Å². The largest absolute Gasteiger partial charge is 0.495 e. The number of para-hydroxylation sites is 2. The second kappa shape index (κ2) is 5.81. The maximum absolute atomic E-state index is 11.8. The predicted octanol–water partition coefficient (Wildman–Crippen LogP) is 0.891. The van der Waals surface area contributed by atoms with E-state index in [1.54, 1.807) is 24.3 Å². The van der Waals surface area contributed by atoms with Gasteiger partial charge in [-0.15, -0.1) is 0 Å². The topological polar surface area (TPSA) is 73.2 Å². The molecule has 0 bridgehead atoms. The number of nitrogens with zero attached hydrogens (tertiary/aromatic N) is 2. The van der Waals surface area contributed by atoms with Crippen molar-refractivity contribution in [3.63, 3.8) is 0 Å². The molecule has 2 rings (SSSR count). The lowest BCUT2D eigenvalue weighted by molar-refractivity contribution is -0.117. The highest BCUT2D eigenvalue weighted by Crippen LogP contribution is 2.22. The van der Waals surface area contributed by atoms with E-state index in [1.807, 2.05) is 0 Å². The minimum absolute atomic E-state index is 0.141. The number of carbonyl (C=O) groups excluding carboxylic acids is 1. The monoisotopic (exact) mass is 259 g/mol. The van der Waals surface area contributed by atoms with Crippen molar-refractivity contribution in [1.82, 2.24) is 9.78 Å². The Morgan fingerprint density at radius 3 is 2.84 bits per heavy atom. The quantitative estimate of drug-likeness (QED) is 0.885. The van der Waals surface area contributed by atoms with Crippen LogP contribution in [0.2, 0.25) is 0 Å². The Hall–Kier alpha value is -2.63. The van der Waals surface area contributed by atoms with Gasteiger partial charge in [0, 0.05) is 12.3 Å². The fourth-order valence-electron chi connectivity index (χ4n) is 1.58. The molecule has 1 amide bonds. The molecule has 0 atom stereocenters. The molecule has 2 aromatic rings. The minimum Gasteiger partial charge on any atom is -0.495 e. The van der Waals surface area contributed by atoms with E-state index < -0.39 is 0 Å². The van der Waals surface area contributed by atoms with Crippen LogP contribution >= 0.6 is 0 Å². The molecule has 0 fully saturated rings. The lowest BCUT2D eigenvalue weighted by Gasteiger charge is -2.09. The average molecular weight is 259 g/mol. The first kappa shape index (κ1) is 12.8. The van der Waals surface area contributed by atoms with Crippen molar-refractivity contribution in [2.45, 2.75) is 6.54 Å². The average Bonchev–Trinajstić information content (AvgIpc) is 2.42. The minimum atomic E-state index is -0.342. The van der Waals surface area contributed by atoms with Crippen molar-refractivity contribution < 1.29 is 9.53 Å². The van der Waals surface area contributed by atoms with E-state index in [1.165, 1.54) is 25.4 Å². The molecule has 1 aromatic carbocycles. The van der Waals surface area contributed by atoms with Gasteiger partial charge in [0.2, 0.25) is 5.91 Å². The van der Waals surface area contributed by atoms with Crippen LogP contribution in [0.1, 0.15) is 0 Å². The van der Waals surface area contributed by atoms with Crippen LogP contribution in [0.3, 0.4) is 0 Å². The van der Waals surface area contributed by atoms with Gasteiger partial charge in [-0.1, -0.05) is 12.1 Å². The Balaban J connectivity index is 2.10. The molecule has 0 unspecified atom stereocenters. The van der Waals surface area contributed by atoms with Gasteiger partial charge < -0.3 is 10.1 Å². The van der Waals surface area contributed by atoms with E-state index >= 15 is 0 Å². The second-order valence-electron chi connectivity index (χ2n) is 3.77. The summed E-state index contributed by atoms with van der Waals surface area (Å²) in [6.45, 7) is -0.141. The molecule has 0 spiro atoms. The third-order valence-electron chi connectivity index (χ3n) is 2.46. The maximum atomic E-state index is 11.8. The van der Waals surface area contributed by atoms with Crippen LogP contribution in [0, 0.1) is 0 Å². The van der Waals surface area contributed by atoms with Crippen LogP contribution in [-0.4, -0.2) is 22.8 Å². The summed E-state index contributed by atoms with van der Waals surface area (Å²) in [5.41, 5.74) is 0.233. The van der Waals surface area contributed by atoms with Crippen molar-refractivity contribution in [3.8, 4) is 5.75 Å². The summed E-state index contributed by atoms with van der Waals surface area (Å²) in [4.78, 5) is 23.3. The van der Waals surface area contributed by atoms with Gasteiger partial charge in [0.15, 0.2) is 0 Å². The van der Waals surface area contributed by atoms with E-state index in [0.29, 0.717) is 11.4 Å². The smallest absolute Gasteiger partial charge is 0.267 e. The fraction of sp³-hybridized carbons (Fsp3) is 0.154. The molecule has 0 aliphatic rings. The van der Waals surface area contributed by atoms with Crippen LogP contribution in [-0.2, 0) is 11.3 Å². The molecule has 0 aliphatic carbocycles. The van der Waals surface area contributed by atoms with Gasteiger partial charge in [-0.3, -0.25) is 9.59 Å². The highest BCUT2D eigenvalue weighted by Gasteiger charge is 2.08. The van der Waals surface area contributed by atoms with E-state index in [9.17, 15) is 9.59 Å². The number of hydrogen-bond donors (Lipinski definition) is 1. The van der Waals surface area contributed by atoms with E-state index in [4.69, 9.17) is 4.74 Å². The van der Waals surface area contributed by atoms with Crippen molar-refractivity contribution in [1.29, 1.82) is 0 Å². The number of carbonyl (C=O) groups is 1. The summed E-state index contributed by atoms with van der Waals surface area (Å²) in [5.74, 6) is 0.217. The number of amides is 1. The van der Waals surface area contributed by atoms with Crippen molar-refractivity contribution in [3.05, 3.63) is 52.9 Å². The molecule has 19 heavy (non-hydrogen) atoms. The van der Waals surface area contributed by atoms with Gasteiger partial charge >= 0.3 is 0 Å². The standard InChI is InChI=1S/C13H13N3O3/c1-19-11-6-3-2-5-10(11)15-12(17)9-16-13(18)7-4-8-14-16/h2-8H,9H2,1H3,(H,15,17). The molecule has 1 aromatic heterocycles. The molecule has 6 heteroatoms. The number of benzene rings is 1. The first-order valence-electron chi connectivity index (χ1n) is 5.65. The van der Waals surface area contributed by atoms with Gasteiger partial charge in [-0.2, -0.15) is 5.10 Å². The Kier molecular flexibility index (Phi) is 3.92. The van der Waals surface area contributed by atoms with Crippen molar-refractivity contribution >= 4 is 11.6 Å². The summed E-state index contributed by atoms with van der Waals surface area (Å²) in [5, 5.41) is 6.49. The lowest BCUT2D eigenvalue weighted by Crippen LogP contribution is -2.28. The number of hydrogen-bond acceptors (Lipinski definition) is 4. The SMILES string of the molecule is COc1ccccc1NC(=O)Cn1ncccc1=O. The van der Waals surface area contributed by atoms with Crippen LogP contribution in [0.25, 0.3) is 0 Å². The molecule has 0 saturated heterocycles. The number of aromatic nitrogens is 2. The normalized spacial score (nSPS) is 9.95. The summed E-state index contributed by atoms with van der Waals surface area (Å²) < 4.78 is 6.21. The zero-order chi connectivity index (χ0) is 13.7. The van der Waals surface area contributed by atoms with Crippen LogP contribution < -0.4 is 15.6 Å². The highest BCUT2D eigenvalue weighted by atomic mass is 16.5. The first-order valence-corrected chi connectivity index (χ1v) is 5.65. The van der Waals surface area contributed by atoms with Crippen LogP contribution in [0.4, 0.5) is 5.69 Å². The Bertz CT molecular complexity index is 637.